The van der Waals surface area contributed by atoms with Crippen LogP contribution in [-0.2, 0) is 14.1 Å². The van der Waals surface area contributed by atoms with Crippen molar-refractivity contribution in [2.24, 2.45) is 14.1 Å². The number of nitrogens with zero attached hydrogens (tertiary/aromatic N) is 3. The zero-order valence-corrected chi connectivity index (χ0v) is 7.83. The van der Waals surface area contributed by atoms with E-state index in [-0.39, 0.29) is 5.56 Å². The minimum absolute atomic E-state index is 0.0920. The standard InChI is InChI=1S/C8H10N4O/c1-5-9-7-6(8(13)10-5)11(2)4-12(7)3/h4H,1-3H3/p+1. The minimum atomic E-state index is -0.0920. The predicted molar refractivity (Wildman–Crippen MR) is 47.2 cm³/mol. The molecule has 2 heterocycles. The molecule has 0 aliphatic rings. The molecule has 13 heavy (non-hydrogen) atoms. The summed E-state index contributed by atoms with van der Waals surface area (Å²) in [4.78, 5) is 18.4. The largest absolute Gasteiger partial charge is 0.309 e. The first-order chi connectivity index (χ1) is 6.09. The highest BCUT2D eigenvalue weighted by atomic mass is 16.1. The Kier molecular flexibility index (Phi) is 1.48. The van der Waals surface area contributed by atoms with Gasteiger partial charge in [-0.3, -0.25) is 14.3 Å². The van der Waals surface area contributed by atoms with Gasteiger partial charge in [0.2, 0.25) is 5.52 Å². The van der Waals surface area contributed by atoms with E-state index in [4.69, 9.17) is 0 Å². The first-order valence-electron chi connectivity index (χ1n) is 4.01. The summed E-state index contributed by atoms with van der Waals surface area (Å²) >= 11 is 0. The summed E-state index contributed by atoms with van der Waals surface area (Å²) in [7, 11) is 3.70. The van der Waals surface area contributed by atoms with Gasteiger partial charge in [-0.25, -0.2) is 4.57 Å². The van der Waals surface area contributed by atoms with Crippen LogP contribution in [0.25, 0.3) is 11.2 Å². The van der Waals surface area contributed by atoms with Gasteiger partial charge in [0.05, 0.1) is 14.1 Å². The van der Waals surface area contributed by atoms with Gasteiger partial charge in [0.15, 0.2) is 12.2 Å². The summed E-state index contributed by atoms with van der Waals surface area (Å²) in [5.74, 6) is 0.638. The Balaban J connectivity index is 3.06. The average molecular weight is 179 g/mol. The zero-order chi connectivity index (χ0) is 9.59. The molecule has 2 aromatic rings. The van der Waals surface area contributed by atoms with Crippen LogP contribution in [0.15, 0.2) is 11.1 Å². The van der Waals surface area contributed by atoms with Gasteiger partial charge in [0.25, 0.3) is 5.56 Å². The normalized spacial score (nSPS) is 11.0. The Hall–Kier alpha value is -1.65. The van der Waals surface area contributed by atoms with Gasteiger partial charge < -0.3 is 0 Å². The molecule has 0 saturated carbocycles. The number of rotatable bonds is 0. The fourth-order valence-corrected chi connectivity index (χ4v) is 1.50. The molecule has 0 unspecified atom stereocenters. The van der Waals surface area contributed by atoms with Crippen molar-refractivity contribution >= 4 is 11.2 Å². The monoisotopic (exact) mass is 179 g/mol. The maximum atomic E-state index is 11.5. The van der Waals surface area contributed by atoms with Crippen molar-refractivity contribution in [1.29, 1.82) is 0 Å². The number of fused-ring (bicyclic) bond motifs is 1. The molecule has 1 N–H and O–H groups in total. The Morgan fingerprint density at radius 3 is 3.00 bits per heavy atom. The van der Waals surface area contributed by atoms with Crippen LogP contribution in [0.2, 0.25) is 0 Å². The quantitative estimate of drug-likeness (QED) is 0.549. The fraction of sp³-hybridized carbons (Fsp3) is 0.375. The molecule has 5 heteroatoms. The van der Waals surface area contributed by atoms with E-state index < -0.39 is 0 Å². The number of imidazole rings is 1. The van der Waals surface area contributed by atoms with Crippen LogP contribution in [0.1, 0.15) is 5.82 Å². The number of hydrogen-bond acceptors (Lipinski definition) is 2. The molecule has 0 aliphatic heterocycles. The predicted octanol–water partition coefficient (Wildman–Crippen LogP) is -0.605. The van der Waals surface area contributed by atoms with Crippen molar-refractivity contribution < 1.29 is 4.57 Å². The van der Waals surface area contributed by atoms with Gasteiger partial charge in [-0.05, 0) is 0 Å². The molecule has 0 amide bonds. The molecule has 0 aromatic carbocycles. The number of H-pyrrole nitrogens is 1. The molecular formula is C8H11N4O+. The Morgan fingerprint density at radius 2 is 2.31 bits per heavy atom. The van der Waals surface area contributed by atoms with Crippen molar-refractivity contribution in [2.75, 3.05) is 0 Å². The average Bonchev–Trinajstić information content (AvgIpc) is 2.27. The summed E-state index contributed by atoms with van der Waals surface area (Å²) < 4.78 is 3.60. The maximum absolute atomic E-state index is 11.5. The lowest BCUT2D eigenvalue weighted by Gasteiger charge is -1.87. The second kappa shape index (κ2) is 2.42. The highest BCUT2D eigenvalue weighted by Gasteiger charge is 2.15. The molecule has 68 valence electrons. The van der Waals surface area contributed by atoms with Crippen molar-refractivity contribution in [3.63, 3.8) is 0 Å². The third kappa shape index (κ3) is 1.04. The van der Waals surface area contributed by atoms with E-state index in [1.165, 1.54) is 0 Å². The molecule has 0 fully saturated rings. The third-order valence-electron chi connectivity index (χ3n) is 2.03. The SMILES string of the molecule is Cc1nc2c(c(=O)[nH]1)n(C)c[n+]2C. The Morgan fingerprint density at radius 1 is 1.62 bits per heavy atom. The first-order valence-corrected chi connectivity index (χ1v) is 4.01. The number of aryl methyl sites for hydroxylation is 3. The highest BCUT2D eigenvalue weighted by Crippen LogP contribution is 1.99. The summed E-state index contributed by atoms with van der Waals surface area (Å²) in [6, 6.07) is 0. The molecule has 0 saturated heterocycles. The van der Waals surface area contributed by atoms with E-state index in [9.17, 15) is 4.79 Å². The van der Waals surface area contributed by atoms with E-state index >= 15 is 0 Å². The second-order valence-electron chi connectivity index (χ2n) is 3.16. The van der Waals surface area contributed by atoms with E-state index in [1.807, 2.05) is 25.0 Å². The summed E-state index contributed by atoms with van der Waals surface area (Å²) in [6.07, 6.45) is 1.83. The Bertz CT molecular complexity index is 523. The topological polar surface area (TPSA) is 54.6 Å². The molecule has 0 atom stereocenters. The summed E-state index contributed by atoms with van der Waals surface area (Å²) in [5, 5.41) is 0. The lowest BCUT2D eigenvalue weighted by atomic mass is 10.5. The maximum Gasteiger partial charge on any atom is 0.309 e. The van der Waals surface area contributed by atoms with Gasteiger partial charge in [0.1, 0.15) is 0 Å². The summed E-state index contributed by atoms with van der Waals surface area (Å²) in [5.41, 5.74) is 1.22. The van der Waals surface area contributed by atoms with E-state index in [2.05, 4.69) is 9.97 Å². The lowest BCUT2D eigenvalue weighted by Crippen LogP contribution is -2.27. The van der Waals surface area contributed by atoms with Gasteiger partial charge in [-0.15, -0.1) is 0 Å². The Labute approximate surface area is 74.7 Å². The fourth-order valence-electron chi connectivity index (χ4n) is 1.50. The molecule has 0 aliphatic carbocycles. The molecule has 0 spiro atoms. The van der Waals surface area contributed by atoms with Crippen molar-refractivity contribution in [3.05, 3.63) is 22.5 Å². The molecule has 2 aromatic heterocycles. The lowest BCUT2D eigenvalue weighted by molar-refractivity contribution is -0.647. The van der Waals surface area contributed by atoms with Crippen LogP contribution in [-0.4, -0.2) is 14.5 Å². The van der Waals surface area contributed by atoms with E-state index in [1.54, 1.807) is 11.5 Å². The van der Waals surface area contributed by atoms with Crippen molar-refractivity contribution in [2.45, 2.75) is 6.92 Å². The molecule has 0 radical (unpaired) electrons. The van der Waals surface area contributed by atoms with Gasteiger partial charge in [0, 0.05) is 6.92 Å². The number of hydrogen-bond donors (Lipinski definition) is 1. The van der Waals surface area contributed by atoms with Crippen LogP contribution in [0.4, 0.5) is 0 Å². The van der Waals surface area contributed by atoms with Crippen LogP contribution < -0.4 is 10.1 Å². The minimum Gasteiger partial charge on any atom is -0.294 e. The van der Waals surface area contributed by atoms with Crippen LogP contribution in [0.5, 0.6) is 0 Å². The highest BCUT2D eigenvalue weighted by molar-refractivity contribution is 5.65. The van der Waals surface area contributed by atoms with E-state index in [0.29, 0.717) is 17.0 Å². The third-order valence-corrected chi connectivity index (χ3v) is 2.03. The molecular weight excluding hydrogens is 168 g/mol. The number of nitrogens with one attached hydrogen (secondary N) is 1. The molecule has 2 rings (SSSR count). The van der Waals surface area contributed by atoms with Crippen LogP contribution in [0.3, 0.4) is 0 Å². The van der Waals surface area contributed by atoms with Crippen LogP contribution >= 0.6 is 0 Å². The van der Waals surface area contributed by atoms with E-state index in [0.717, 1.165) is 0 Å². The number of aromatic amines is 1. The number of aromatic nitrogens is 4. The van der Waals surface area contributed by atoms with Crippen LogP contribution in [0, 0.1) is 6.92 Å². The second-order valence-corrected chi connectivity index (χ2v) is 3.16. The molecule has 0 bridgehead atoms. The molecule has 5 nitrogen and oxygen atoms in total. The van der Waals surface area contributed by atoms with Crippen molar-refractivity contribution in [1.82, 2.24) is 14.5 Å². The zero-order valence-electron chi connectivity index (χ0n) is 7.83. The van der Waals surface area contributed by atoms with Gasteiger partial charge in [-0.2, -0.15) is 0 Å². The van der Waals surface area contributed by atoms with Gasteiger partial charge >= 0.3 is 5.65 Å². The first kappa shape index (κ1) is 7.97. The smallest absolute Gasteiger partial charge is 0.294 e. The van der Waals surface area contributed by atoms with Gasteiger partial charge in [-0.1, -0.05) is 4.98 Å². The summed E-state index contributed by atoms with van der Waals surface area (Å²) in [6.45, 7) is 1.77. The van der Waals surface area contributed by atoms with Crippen molar-refractivity contribution in [3.8, 4) is 0 Å².